The van der Waals surface area contributed by atoms with E-state index in [0.717, 1.165) is 53.9 Å². The number of guanidine groups is 1. The Morgan fingerprint density at radius 3 is 2.48 bits per heavy atom. The van der Waals surface area contributed by atoms with Crippen molar-refractivity contribution in [1.82, 2.24) is 25.2 Å². The highest BCUT2D eigenvalue weighted by Crippen LogP contribution is 2.21. The van der Waals surface area contributed by atoms with E-state index in [1.807, 2.05) is 60.0 Å². The summed E-state index contributed by atoms with van der Waals surface area (Å²) in [5.74, 6) is 2.71. The van der Waals surface area contributed by atoms with Gasteiger partial charge in [-0.1, -0.05) is 18.2 Å². The molecule has 1 aliphatic heterocycles. The molecule has 0 aliphatic carbocycles. The standard InChI is InChI=1S/C24H29N7O.HI/c1-3-25-24(28-15-19-6-9-21(10-7-19)31-13-4-5-23(31)32)29-17-20-8-11-22(27-16-20)30-14-12-26-18(30)2;/h6-12,14,16H,3-5,13,15,17H2,1-2H3,(H2,25,28,29);1H. The van der Waals surface area contributed by atoms with Crippen LogP contribution in [-0.2, 0) is 17.9 Å². The van der Waals surface area contributed by atoms with Crippen LogP contribution < -0.4 is 15.5 Å². The number of nitrogens with one attached hydrogen (secondary N) is 2. The Morgan fingerprint density at radius 2 is 1.88 bits per heavy atom. The third-order valence-electron chi connectivity index (χ3n) is 5.43. The zero-order valence-electron chi connectivity index (χ0n) is 19.0. The minimum Gasteiger partial charge on any atom is -0.357 e. The van der Waals surface area contributed by atoms with Crippen LogP contribution >= 0.6 is 24.0 Å². The molecule has 2 N–H and O–H groups in total. The normalized spacial score (nSPS) is 13.7. The average Bonchev–Trinajstić information content (AvgIpc) is 3.44. The van der Waals surface area contributed by atoms with E-state index in [1.54, 1.807) is 6.20 Å². The Labute approximate surface area is 211 Å². The lowest BCUT2D eigenvalue weighted by Gasteiger charge is -2.16. The van der Waals surface area contributed by atoms with Gasteiger partial charge in [0.15, 0.2) is 5.96 Å². The SMILES string of the molecule is CCNC(=NCc1ccc(-n2ccnc2C)nc1)NCc1ccc(N2CCCC2=O)cc1.I. The van der Waals surface area contributed by atoms with E-state index in [0.29, 0.717) is 19.5 Å². The van der Waals surface area contributed by atoms with Gasteiger partial charge in [-0.2, -0.15) is 0 Å². The molecular formula is C24H30IN7O. The maximum atomic E-state index is 11.9. The predicted molar refractivity (Wildman–Crippen MR) is 141 cm³/mol. The molecule has 3 aromatic rings. The lowest BCUT2D eigenvalue weighted by Crippen LogP contribution is -2.36. The molecule has 33 heavy (non-hydrogen) atoms. The van der Waals surface area contributed by atoms with E-state index in [2.05, 4.69) is 37.7 Å². The van der Waals surface area contributed by atoms with Crippen molar-refractivity contribution in [1.29, 1.82) is 0 Å². The van der Waals surface area contributed by atoms with Crippen LogP contribution in [0.4, 0.5) is 5.69 Å². The molecular weight excluding hydrogens is 529 g/mol. The van der Waals surface area contributed by atoms with Crippen molar-refractivity contribution in [2.24, 2.45) is 4.99 Å². The first-order chi connectivity index (χ1) is 15.6. The van der Waals surface area contributed by atoms with Gasteiger partial charge in [-0.15, -0.1) is 24.0 Å². The third-order valence-corrected chi connectivity index (χ3v) is 5.43. The number of aryl methyl sites for hydroxylation is 1. The minimum atomic E-state index is 0. The molecule has 0 atom stereocenters. The highest BCUT2D eigenvalue weighted by molar-refractivity contribution is 14.0. The Kier molecular flexibility index (Phi) is 8.81. The molecule has 2 aromatic heterocycles. The molecule has 1 fully saturated rings. The zero-order valence-corrected chi connectivity index (χ0v) is 21.3. The summed E-state index contributed by atoms with van der Waals surface area (Å²) < 4.78 is 1.95. The lowest BCUT2D eigenvalue weighted by atomic mass is 10.2. The van der Waals surface area contributed by atoms with Crippen molar-refractivity contribution in [3.8, 4) is 5.82 Å². The van der Waals surface area contributed by atoms with Gasteiger partial charge in [-0.25, -0.2) is 15.0 Å². The molecule has 9 heteroatoms. The number of aromatic nitrogens is 3. The molecule has 1 aromatic carbocycles. The number of pyridine rings is 1. The number of rotatable bonds is 7. The van der Waals surface area contributed by atoms with Gasteiger partial charge in [-0.05, 0) is 49.6 Å². The first-order valence-electron chi connectivity index (χ1n) is 11.0. The number of aliphatic imine (C=N–C) groups is 1. The molecule has 0 unspecified atom stereocenters. The molecule has 4 rings (SSSR count). The molecule has 0 saturated carbocycles. The van der Waals surface area contributed by atoms with Crippen molar-refractivity contribution < 1.29 is 4.79 Å². The van der Waals surface area contributed by atoms with Gasteiger partial charge in [0.25, 0.3) is 0 Å². The molecule has 1 saturated heterocycles. The Hall–Kier alpha value is -2.95. The van der Waals surface area contributed by atoms with Gasteiger partial charge in [0, 0.05) is 50.3 Å². The van der Waals surface area contributed by atoms with E-state index < -0.39 is 0 Å². The van der Waals surface area contributed by atoms with E-state index >= 15 is 0 Å². The number of hydrogen-bond acceptors (Lipinski definition) is 4. The summed E-state index contributed by atoms with van der Waals surface area (Å²) in [6.45, 7) is 6.76. The molecule has 174 valence electrons. The Bertz CT molecular complexity index is 1080. The number of amides is 1. The monoisotopic (exact) mass is 559 g/mol. The fourth-order valence-electron chi connectivity index (χ4n) is 3.69. The van der Waals surface area contributed by atoms with Crippen molar-refractivity contribution in [3.63, 3.8) is 0 Å². The second kappa shape index (κ2) is 11.8. The fraction of sp³-hybridized carbons (Fsp3) is 0.333. The fourth-order valence-corrected chi connectivity index (χ4v) is 3.69. The van der Waals surface area contributed by atoms with Crippen LogP contribution in [0.3, 0.4) is 0 Å². The highest BCUT2D eigenvalue weighted by Gasteiger charge is 2.21. The van der Waals surface area contributed by atoms with Crippen molar-refractivity contribution >= 4 is 41.5 Å². The smallest absolute Gasteiger partial charge is 0.227 e. The number of hydrogen-bond donors (Lipinski definition) is 2. The summed E-state index contributed by atoms with van der Waals surface area (Å²) in [5.41, 5.74) is 3.13. The second-order valence-electron chi connectivity index (χ2n) is 7.73. The number of anilines is 1. The molecule has 3 heterocycles. The topological polar surface area (TPSA) is 87.4 Å². The van der Waals surface area contributed by atoms with Crippen LogP contribution in [0.15, 0.2) is 60.0 Å². The van der Waals surface area contributed by atoms with Gasteiger partial charge in [0.2, 0.25) is 5.91 Å². The molecule has 0 bridgehead atoms. The Balaban J connectivity index is 0.00000306. The Morgan fingerprint density at radius 1 is 1.09 bits per heavy atom. The number of imidazole rings is 1. The summed E-state index contributed by atoms with van der Waals surface area (Å²) in [7, 11) is 0. The number of benzene rings is 1. The van der Waals surface area contributed by atoms with Crippen LogP contribution in [0, 0.1) is 6.92 Å². The lowest BCUT2D eigenvalue weighted by molar-refractivity contribution is -0.117. The summed E-state index contributed by atoms with van der Waals surface area (Å²) in [6.07, 6.45) is 7.10. The number of carbonyl (C=O) groups excluding carboxylic acids is 1. The first kappa shape index (κ1) is 24.7. The van der Waals surface area contributed by atoms with Crippen molar-refractivity contribution in [2.75, 3.05) is 18.0 Å². The summed E-state index contributed by atoms with van der Waals surface area (Å²) in [6, 6.07) is 12.1. The van der Waals surface area contributed by atoms with Crippen LogP contribution in [0.25, 0.3) is 5.82 Å². The first-order valence-corrected chi connectivity index (χ1v) is 11.0. The number of nitrogens with zero attached hydrogens (tertiary/aromatic N) is 5. The second-order valence-corrected chi connectivity index (χ2v) is 7.73. The summed E-state index contributed by atoms with van der Waals surface area (Å²) in [5, 5.41) is 6.65. The zero-order chi connectivity index (χ0) is 22.3. The molecule has 0 spiro atoms. The molecule has 1 amide bonds. The van der Waals surface area contributed by atoms with E-state index in [9.17, 15) is 4.79 Å². The molecule has 0 radical (unpaired) electrons. The van der Waals surface area contributed by atoms with Gasteiger partial charge in [0.05, 0.1) is 6.54 Å². The quantitative estimate of drug-likeness (QED) is 0.263. The largest absolute Gasteiger partial charge is 0.357 e. The van der Waals surface area contributed by atoms with Gasteiger partial charge >= 0.3 is 0 Å². The van der Waals surface area contributed by atoms with E-state index in [1.165, 1.54) is 0 Å². The number of carbonyl (C=O) groups is 1. The minimum absolute atomic E-state index is 0. The van der Waals surface area contributed by atoms with Gasteiger partial charge in [-0.3, -0.25) is 9.36 Å². The van der Waals surface area contributed by atoms with Crippen molar-refractivity contribution in [2.45, 2.75) is 39.8 Å². The maximum Gasteiger partial charge on any atom is 0.227 e. The molecule has 8 nitrogen and oxygen atoms in total. The van der Waals surface area contributed by atoms with Crippen LogP contribution in [0.2, 0.25) is 0 Å². The van der Waals surface area contributed by atoms with E-state index in [4.69, 9.17) is 0 Å². The maximum absolute atomic E-state index is 11.9. The van der Waals surface area contributed by atoms with E-state index in [-0.39, 0.29) is 29.9 Å². The van der Waals surface area contributed by atoms with Crippen LogP contribution in [-0.4, -0.2) is 39.5 Å². The van der Waals surface area contributed by atoms with Gasteiger partial charge < -0.3 is 15.5 Å². The van der Waals surface area contributed by atoms with Crippen molar-refractivity contribution in [3.05, 3.63) is 71.9 Å². The third kappa shape index (κ3) is 6.31. The highest BCUT2D eigenvalue weighted by atomic mass is 127. The predicted octanol–water partition coefficient (Wildman–Crippen LogP) is 3.58. The number of halogens is 1. The van der Waals surface area contributed by atoms with Crippen LogP contribution in [0.1, 0.15) is 36.7 Å². The summed E-state index contributed by atoms with van der Waals surface area (Å²) in [4.78, 5) is 27.2. The van der Waals surface area contributed by atoms with Gasteiger partial charge in [0.1, 0.15) is 11.6 Å². The van der Waals surface area contributed by atoms with Crippen LogP contribution in [0.5, 0.6) is 0 Å². The summed E-state index contributed by atoms with van der Waals surface area (Å²) >= 11 is 0. The average molecular weight is 559 g/mol. The molecule has 1 aliphatic rings.